The quantitative estimate of drug-likeness (QED) is 0.549. The predicted molar refractivity (Wildman–Crippen MR) is 50.9 cm³/mol. The molecule has 1 aromatic rings. The van der Waals surface area contributed by atoms with Crippen LogP contribution in [0.2, 0.25) is 5.02 Å². The van der Waals surface area contributed by atoms with E-state index in [1.807, 2.05) is 0 Å². The van der Waals surface area contributed by atoms with Gasteiger partial charge in [-0.1, -0.05) is 17.7 Å². The van der Waals surface area contributed by atoms with Gasteiger partial charge in [0.05, 0.1) is 7.11 Å². The first-order chi connectivity index (χ1) is 6.27. The summed E-state index contributed by atoms with van der Waals surface area (Å²) in [5.41, 5.74) is 0.762. The molecule has 0 atom stereocenters. The van der Waals surface area contributed by atoms with E-state index < -0.39 is 0 Å². The third kappa shape index (κ3) is 2.56. The Balaban J connectivity index is 2.95. The number of carbonyl (C=O) groups is 1. The van der Waals surface area contributed by atoms with Crippen LogP contribution in [0.3, 0.4) is 0 Å². The van der Waals surface area contributed by atoms with Gasteiger partial charge in [-0.3, -0.25) is 4.79 Å². The van der Waals surface area contributed by atoms with Crippen LogP contribution in [0.1, 0.15) is 5.56 Å². The van der Waals surface area contributed by atoms with Gasteiger partial charge in [0, 0.05) is 6.20 Å². The van der Waals surface area contributed by atoms with Gasteiger partial charge in [-0.15, -0.1) is 0 Å². The number of rotatable bonds is 3. The lowest BCUT2D eigenvalue weighted by Crippen LogP contribution is -1.88. The molecule has 0 spiro atoms. The lowest BCUT2D eigenvalue weighted by atomic mass is 10.2. The zero-order valence-corrected chi connectivity index (χ0v) is 7.78. The first kappa shape index (κ1) is 9.74. The lowest BCUT2D eigenvalue weighted by molar-refractivity contribution is -0.104. The largest absolute Gasteiger partial charge is 0.480 e. The van der Waals surface area contributed by atoms with Crippen molar-refractivity contribution >= 4 is 24.0 Å². The molecule has 0 radical (unpaired) electrons. The molecule has 0 aliphatic heterocycles. The number of allylic oxidation sites excluding steroid dienone is 1. The fraction of sp³-hybridized carbons (Fsp3) is 0.111. The van der Waals surface area contributed by atoms with Gasteiger partial charge in [-0.05, 0) is 17.7 Å². The molecule has 13 heavy (non-hydrogen) atoms. The molecule has 0 unspecified atom stereocenters. The zero-order chi connectivity index (χ0) is 9.68. The van der Waals surface area contributed by atoms with E-state index in [1.165, 1.54) is 13.2 Å². The Morgan fingerprint density at radius 3 is 2.92 bits per heavy atom. The van der Waals surface area contributed by atoms with Gasteiger partial charge in [0.2, 0.25) is 5.88 Å². The molecule has 0 aromatic carbocycles. The summed E-state index contributed by atoms with van der Waals surface area (Å²) in [6, 6.07) is 1.67. The molecule has 4 heteroatoms. The van der Waals surface area contributed by atoms with Crippen molar-refractivity contribution in [3.63, 3.8) is 0 Å². The van der Waals surface area contributed by atoms with Crippen LogP contribution < -0.4 is 4.74 Å². The van der Waals surface area contributed by atoms with Crippen LogP contribution in [0.25, 0.3) is 6.08 Å². The molecule has 1 aromatic heterocycles. The van der Waals surface area contributed by atoms with Crippen molar-refractivity contribution in [1.82, 2.24) is 4.98 Å². The molecule has 3 nitrogen and oxygen atoms in total. The van der Waals surface area contributed by atoms with Crippen molar-refractivity contribution in [2.75, 3.05) is 7.11 Å². The molecule has 68 valence electrons. The number of aromatic nitrogens is 1. The van der Waals surface area contributed by atoms with Crippen molar-refractivity contribution in [2.24, 2.45) is 0 Å². The van der Waals surface area contributed by atoms with Gasteiger partial charge in [0.15, 0.2) is 0 Å². The Kier molecular flexibility index (Phi) is 3.46. The Hall–Kier alpha value is -1.35. The van der Waals surface area contributed by atoms with Gasteiger partial charge in [-0.2, -0.15) is 0 Å². The highest BCUT2D eigenvalue weighted by Gasteiger charge is 2.00. The number of ether oxygens (including phenoxy) is 1. The predicted octanol–water partition coefficient (Wildman–Crippen LogP) is 1.96. The maximum atomic E-state index is 10.0. The second-order valence-electron chi connectivity index (χ2n) is 2.25. The minimum atomic E-state index is 0.380. The van der Waals surface area contributed by atoms with E-state index in [9.17, 15) is 4.79 Å². The maximum absolute atomic E-state index is 10.0. The molecule has 1 rings (SSSR count). The summed E-state index contributed by atoms with van der Waals surface area (Å²) in [7, 11) is 1.50. The number of carbonyl (C=O) groups excluding carboxylic acids is 1. The van der Waals surface area contributed by atoms with Crippen LogP contribution in [0.4, 0.5) is 0 Å². The van der Waals surface area contributed by atoms with Crippen LogP contribution in [-0.2, 0) is 4.79 Å². The lowest BCUT2D eigenvalue weighted by Gasteiger charge is -2.00. The summed E-state index contributed by atoms with van der Waals surface area (Å²) in [6.45, 7) is 0. The molecular formula is C9H8ClNO2. The van der Waals surface area contributed by atoms with E-state index in [4.69, 9.17) is 16.3 Å². The number of halogens is 1. The van der Waals surface area contributed by atoms with E-state index in [-0.39, 0.29) is 0 Å². The van der Waals surface area contributed by atoms with Crippen molar-refractivity contribution in [2.45, 2.75) is 0 Å². The normalized spacial score (nSPS) is 10.3. The van der Waals surface area contributed by atoms with Gasteiger partial charge < -0.3 is 4.74 Å². The molecule has 1 heterocycles. The Labute approximate surface area is 81.0 Å². The number of hydrogen-bond acceptors (Lipinski definition) is 3. The number of pyridine rings is 1. The number of hydrogen-bond donors (Lipinski definition) is 0. The van der Waals surface area contributed by atoms with Gasteiger partial charge in [-0.25, -0.2) is 4.98 Å². The zero-order valence-electron chi connectivity index (χ0n) is 7.03. The van der Waals surface area contributed by atoms with Crippen LogP contribution in [0.15, 0.2) is 18.3 Å². The average molecular weight is 198 g/mol. The molecule has 0 aliphatic rings. The average Bonchev–Trinajstić information content (AvgIpc) is 2.15. The third-order valence-corrected chi connectivity index (χ3v) is 1.66. The van der Waals surface area contributed by atoms with Crippen LogP contribution in [0.5, 0.6) is 5.88 Å². The smallest absolute Gasteiger partial charge is 0.232 e. The molecule has 0 N–H and O–H groups in total. The summed E-state index contributed by atoms with van der Waals surface area (Å²) in [5.74, 6) is 0.380. The topological polar surface area (TPSA) is 39.2 Å². The Morgan fingerprint density at radius 2 is 2.38 bits per heavy atom. The van der Waals surface area contributed by atoms with Gasteiger partial charge >= 0.3 is 0 Å². The summed E-state index contributed by atoms with van der Waals surface area (Å²) < 4.78 is 4.87. The summed E-state index contributed by atoms with van der Waals surface area (Å²) >= 11 is 5.80. The van der Waals surface area contributed by atoms with Crippen molar-refractivity contribution in [1.29, 1.82) is 0 Å². The van der Waals surface area contributed by atoms with Gasteiger partial charge in [0.25, 0.3) is 0 Å². The second-order valence-corrected chi connectivity index (χ2v) is 2.66. The van der Waals surface area contributed by atoms with Crippen molar-refractivity contribution in [3.05, 3.63) is 28.9 Å². The number of nitrogens with zero attached hydrogens (tertiary/aromatic N) is 1. The number of aldehydes is 1. The third-order valence-electron chi connectivity index (χ3n) is 1.39. The Morgan fingerprint density at radius 1 is 1.62 bits per heavy atom. The highest BCUT2D eigenvalue weighted by molar-refractivity contribution is 6.31. The first-order valence-corrected chi connectivity index (χ1v) is 3.97. The molecule has 0 saturated carbocycles. The van der Waals surface area contributed by atoms with Crippen molar-refractivity contribution < 1.29 is 9.53 Å². The molecule has 0 saturated heterocycles. The minimum Gasteiger partial charge on any atom is -0.480 e. The Bertz CT molecular complexity index is 336. The van der Waals surface area contributed by atoms with E-state index in [0.29, 0.717) is 17.2 Å². The van der Waals surface area contributed by atoms with Crippen LogP contribution in [-0.4, -0.2) is 18.4 Å². The first-order valence-electron chi connectivity index (χ1n) is 3.59. The van der Waals surface area contributed by atoms with Crippen LogP contribution >= 0.6 is 11.6 Å². The molecule has 0 bridgehead atoms. The second kappa shape index (κ2) is 4.62. The van der Waals surface area contributed by atoms with E-state index >= 15 is 0 Å². The van der Waals surface area contributed by atoms with Gasteiger partial charge in [0.1, 0.15) is 11.3 Å². The van der Waals surface area contributed by atoms with E-state index in [2.05, 4.69) is 4.98 Å². The maximum Gasteiger partial charge on any atom is 0.232 e. The highest BCUT2D eigenvalue weighted by atomic mass is 35.5. The SMILES string of the molecule is COc1ncc(C=CC=O)cc1Cl. The fourth-order valence-electron chi connectivity index (χ4n) is 0.832. The fourth-order valence-corrected chi connectivity index (χ4v) is 1.08. The minimum absolute atomic E-state index is 0.380. The summed E-state index contributed by atoms with van der Waals surface area (Å²) in [6.07, 6.45) is 5.26. The summed E-state index contributed by atoms with van der Waals surface area (Å²) in [5, 5.41) is 0.426. The molecule has 0 amide bonds. The van der Waals surface area contributed by atoms with Crippen LogP contribution in [0, 0.1) is 0 Å². The summed E-state index contributed by atoms with van der Waals surface area (Å²) in [4.78, 5) is 13.9. The monoisotopic (exact) mass is 197 g/mol. The highest BCUT2D eigenvalue weighted by Crippen LogP contribution is 2.22. The number of methoxy groups -OCH3 is 1. The van der Waals surface area contributed by atoms with Crippen molar-refractivity contribution in [3.8, 4) is 5.88 Å². The van der Waals surface area contributed by atoms with E-state index in [1.54, 1.807) is 18.3 Å². The van der Waals surface area contributed by atoms with E-state index in [0.717, 1.165) is 5.56 Å². The molecule has 0 fully saturated rings. The molecule has 0 aliphatic carbocycles. The molecular weight excluding hydrogens is 190 g/mol. The standard InChI is InChI=1S/C9H8ClNO2/c1-13-9-8(10)5-7(6-11-9)3-2-4-12/h2-6H,1H3.